The number of piperidine rings is 1. The lowest BCUT2D eigenvalue weighted by molar-refractivity contribution is 0.121. The molecule has 1 saturated heterocycles. The van der Waals surface area contributed by atoms with Gasteiger partial charge in [0, 0.05) is 38.8 Å². The second-order valence-corrected chi connectivity index (χ2v) is 9.15. The highest BCUT2D eigenvalue weighted by Gasteiger charge is 2.25. The van der Waals surface area contributed by atoms with Gasteiger partial charge in [-0.25, -0.2) is 0 Å². The Bertz CT molecular complexity index is 904. The fourth-order valence-corrected chi connectivity index (χ4v) is 5.14. The molecule has 4 rings (SSSR count). The molecule has 1 unspecified atom stereocenters. The molecule has 1 atom stereocenters. The second-order valence-electron chi connectivity index (χ2n) is 9.15. The fraction of sp³-hybridized carbons (Fsp3) is 0.556. The minimum Gasteiger partial charge on any atom is -0.497 e. The molecule has 0 bridgehead atoms. The zero-order valence-electron chi connectivity index (χ0n) is 20.3. The molecule has 0 amide bonds. The van der Waals surface area contributed by atoms with Crippen LogP contribution in [0.1, 0.15) is 30.4 Å². The van der Waals surface area contributed by atoms with Crippen molar-refractivity contribution in [2.24, 2.45) is 5.92 Å². The first-order valence-electron chi connectivity index (χ1n) is 12.1. The van der Waals surface area contributed by atoms with E-state index in [0.29, 0.717) is 0 Å². The van der Waals surface area contributed by atoms with Gasteiger partial charge in [0.15, 0.2) is 11.5 Å². The summed E-state index contributed by atoms with van der Waals surface area (Å²) < 4.78 is 22.2. The molecule has 2 aromatic carbocycles. The summed E-state index contributed by atoms with van der Waals surface area (Å²) >= 11 is 0. The number of benzene rings is 2. The van der Waals surface area contributed by atoms with Crippen LogP contribution < -0.4 is 18.9 Å². The fourth-order valence-electron chi connectivity index (χ4n) is 5.14. The first kappa shape index (κ1) is 23.7. The van der Waals surface area contributed by atoms with Gasteiger partial charge in [-0.3, -0.25) is 4.90 Å². The Hall–Kier alpha value is -2.44. The topological polar surface area (TPSA) is 43.4 Å². The molecule has 180 valence electrons. The third kappa shape index (κ3) is 6.33. The van der Waals surface area contributed by atoms with E-state index in [9.17, 15) is 0 Å². The Kier molecular flexibility index (Phi) is 8.35. The highest BCUT2D eigenvalue weighted by molar-refractivity contribution is 5.48. The Labute approximate surface area is 198 Å². The molecule has 0 aliphatic carbocycles. The quantitative estimate of drug-likeness (QED) is 0.500. The zero-order chi connectivity index (χ0) is 23.0. The van der Waals surface area contributed by atoms with Crippen LogP contribution in [-0.2, 0) is 13.0 Å². The number of nitrogens with zero attached hydrogens (tertiary/aromatic N) is 2. The molecule has 2 aliphatic heterocycles. The number of rotatable bonds is 10. The standard InChI is InChI=1S/C27H38N2O4/c1-30-24-8-4-9-25(17-24)33-14-6-12-28-11-5-7-21(18-28)19-29-13-10-22-15-26(31-2)27(32-3)16-23(22)20-29/h4,8-9,15-17,21H,5-7,10-14,18-20H2,1-3H3. The maximum atomic E-state index is 5.92. The third-order valence-electron chi connectivity index (χ3n) is 6.85. The summed E-state index contributed by atoms with van der Waals surface area (Å²) in [6.45, 7) is 7.52. The van der Waals surface area contributed by atoms with Crippen LogP contribution in [0.2, 0.25) is 0 Å². The first-order chi connectivity index (χ1) is 16.2. The van der Waals surface area contributed by atoms with Gasteiger partial charge in [0.2, 0.25) is 0 Å². The van der Waals surface area contributed by atoms with Crippen LogP contribution in [0.4, 0.5) is 0 Å². The predicted octanol–water partition coefficient (Wildman–Crippen LogP) is 4.25. The van der Waals surface area contributed by atoms with Gasteiger partial charge in [-0.1, -0.05) is 6.07 Å². The zero-order valence-corrected chi connectivity index (χ0v) is 20.3. The van der Waals surface area contributed by atoms with E-state index in [4.69, 9.17) is 18.9 Å². The SMILES string of the molecule is COc1cccc(OCCCN2CCCC(CN3CCc4cc(OC)c(OC)cc4C3)C2)c1. The minimum absolute atomic E-state index is 0.736. The molecule has 0 N–H and O–H groups in total. The number of hydrogen-bond donors (Lipinski definition) is 0. The molecule has 6 heteroatoms. The van der Waals surface area contributed by atoms with Crippen molar-refractivity contribution >= 4 is 0 Å². The van der Waals surface area contributed by atoms with Crippen molar-refractivity contribution in [3.63, 3.8) is 0 Å². The normalized spacial score (nSPS) is 19.1. The van der Waals surface area contributed by atoms with E-state index in [-0.39, 0.29) is 0 Å². The van der Waals surface area contributed by atoms with Gasteiger partial charge in [0.05, 0.1) is 27.9 Å². The van der Waals surface area contributed by atoms with E-state index >= 15 is 0 Å². The van der Waals surface area contributed by atoms with E-state index in [1.165, 1.54) is 43.6 Å². The van der Waals surface area contributed by atoms with Crippen molar-refractivity contribution in [3.8, 4) is 23.0 Å². The van der Waals surface area contributed by atoms with Crippen molar-refractivity contribution in [1.82, 2.24) is 9.80 Å². The Morgan fingerprint density at radius 1 is 0.879 bits per heavy atom. The number of hydrogen-bond acceptors (Lipinski definition) is 6. The lowest BCUT2D eigenvalue weighted by atomic mass is 9.94. The average Bonchev–Trinajstić information content (AvgIpc) is 2.86. The van der Waals surface area contributed by atoms with Gasteiger partial charge in [-0.15, -0.1) is 0 Å². The van der Waals surface area contributed by atoms with Gasteiger partial charge in [0.25, 0.3) is 0 Å². The van der Waals surface area contributed by atoms with Gasteiger partial charge < -0.3 is 23.8 Å². The summed E-state index contributed by atoms with van der Waals surface area (Å²) in [6.07, 6.45) is 4.74. The number of methoxy groups -OCH3 is 3. The molecule has 1 fully saturated rings. The molecule has 0 spiro atoms. The van der Waals surface area contributed by atoms with Gasteiger partial charge in [-0.2, -0.15) is 0 Å². The van der Waals surface area contributed by atoms with Crippen LogP contribution in [0.3, 0.4) is 0 Å². The van der Waals surface area contributed by atoms with Crippen LogP contribution in [0, 0.1) is 5.92 Å². The lowest BCUT2D eigenvalue weighted by Crippen LogP contribution is -2.42. The summed E-state index contributed by atoms with van der Waals surface area (Å²) in [5, 5.41) is 0. The van der Waals surface area contributed by atoms with Crippen molar-refractivity contribution in [2.75, 3.05) is 60.7 Å². The summed E-state index contributed by atoms with van der Waals surface area (Å²) in [6, 6.07) is 12.2. The van der Waals surface area contributed by atoms with E-state index in [2.05, 4.69) is 21.9 Å². The summed E-state index contributed by atoms with van der Waals surface area (Å²) in [4.78, 5) is 5.24. The van der Waals surface area contributed by atoms with E-state index in [1.807, 2.05) is 24.3 Å². The van der Waals surface area contributed by atoms with Crippen LogP contribution in [0.15, 0.2) is 36.4 Å². The van der Waals surface area contributed by atoms with Crippen LogP contribution >= 0.6 is 0 Å². The Morgan fingerprint density at radius 3 is 2.45 bits per heavy atom. The molecular weight excluding hydrogens is 416 g/mol. The van der Waals surface area contributed by atoms with Gasteiger partial charge in [-0.05, 0) is 73.5 Å². The highest BCUT2D eigenvalue weighted by Crippen LogP contribution is 2.33. The molecule has 6 nitrogen and oxygen atoms in total. The van der Waals surface area contributed by atoms with Crippen LogP contribution in [0.25, 0.3) is 0 Å². The molecule has 0 aromatic heterocycles. The number of fused-ring (bicyclic) bond motifs is 1. The highest BCUT2D eigenvalue weighted by atomic mass is 16.5. The minimum atomic E-state index is 0.736. The number of ether oxygens (including phenoxy) is 4. The maximum Gasteiger partial charge on any atom is 0.161 e. The van der Waals surface area contributed by atoms with Crippen LogP contribution in [0.5, 0.6) is 23.0 Å². The maximum absolute atomic E-state index is 5.92. The Balaban J connectivity index is 1.22. The van der Waals surface area contributed by atoms with Gasteiger partial charge in [0.1, 0.15) is 11.5 Å². The Morgan fingerprint density at radius 2 is 1.67 bits per heavy atom. The van der Waals surface area contributed by atoms with E-state index < -0.39 is 0 Å². The summed E-state index contributed by atoms with van der Waals surface area (Å²) in [7, 11) is 5.10. The predicted molar refractivity (Wildman–Crippen MR) is 131 cm³/mol. The van der Waals surface area contributed by atoms with Gasteiger partial charge >= 0.3 is 0 Å². The molecule has 0 radical (unpaired) electrons. The lowest BCUT2D eigenvalue weighted by Gasteiger charge is -2.37. The summed E-state index contributed by atoms with van der Waals surface area (Å²) in [5.41, 5.74) is 2.77. The smallest absolute Gasteiger partial charge is 0.161 e. The molecular formula is C27H38N2O4. The second kappa shape index (κ2) is 11.6. The van der Waals surface area contributed by atoms with Crippen molar-refractivity contribution in [2.45, 2.75) is 32.2 Å². The molecule has 2 heterocycles. The molecule has 2 aromatic rings. The largest absolute Gasteiger partial charge is 0.497 e. The monoisotopic (exact) mass is 454 g/mol. The van der Waals surface area contributed by atoms with Crippen molar-refractivity contribution in [1.29, 1.82) is 0 Å². The summed E-state index contributed by atoms with van der Waals surface area (Å²) in [5.74, 6) is 4.12. The van der Waals surface area contributed by atoms with E-state index in [1.54, 1.807) is 21.3 Å². The molecule has 2 aliphatic rings. The molecule has 33 heavy (non-hydrogen) atoms. The average molecular weight is 455 g/mol. The molecule has 0 saturated carbocycles. The van der Waals surface area contributed by atoms with Crippen molar-refractivity contribution < 1.29 is 18.9 Å². The number of likely N-dealkylation sites (tertiary alicyclic amines) is 1. The third-order valence-corrected chi connectivity index (χ3v) is 6.85. The first-order valence-corrected chi connectivity index (χ1v) is 12.1. The van der Waals surface area contributed by atoms with E-state index in [0.717, 1.165) is 68.0 Å². The van der Waals surface area contributed by atoms with Crippen LogP contribution in [-0.4, -0.2) is 70.5 Å². The van der Waals surface area contributed by atoms with Crippen molar-refractivity contribution in [3.05, 3.63) is 47.5 Å².